The molecular weight excluding hydrogens is 327 g/mol. The Morgan fingerprint density at radius 2 is 1.90 bits per heavy atom. The molecule has 1 aromatic rings. The highest BCUT2D eigenvalue weighted by Gasteiger charge is 2.09. The second kappa shape index (κ2) is 7.99. The van der Waals surface area contributed by atoms with Gasteiger partial charge in [-0.15, -0.1) is 0 Å². The van der Waals surface area contributed by atoms with E-state index in [4.69, 9.17) is 0 Å². The maximum absolute atomic E-state index is 13.3. The van der Waals surface area contributed by atoms with Crippen molar-refractivity contribution >= 4 is 33.4 Å². The van der Waals surface area contributed by atoms with Gasteiger partial charge in [0.25, 0.3) is 0 Å². The molecule has 110 valence electrons. The number of halogens is 2. The quantitative estimate of drug-likeness (QED) is 0.832. The summed E-state index contributed by atoms with van der Waals surface area (Å²) in [5.74, 6) is -0.603. The molecule has 0 fully saturated rings. The lowest BCUT2D eigenvalue weighted by Crippen LogP contribution is -2.22. The highest BCUT2D eigenvalue weighted by atomic mass is 79.9. The Labute approximate surface area is 126 Å². The number of hydrogen-bond acceptors (Lipinski definition) is 2. The smallest absolute Gasteiger partial charge is 0.224 e. The van der Waals surface area contributed by atoms with E-state index >= 15 is 0 Å². The molecule has 0 heterocycles. The van der Waals surface area contributed by atoms with E-state index in [2.05, 4.69) is 26.6 Å². The Kier molecular flexibility index (Phi) is 6.64. The van der Waals surface area contributed by atoms with Gasteiger partial charge >= 0.3 is 0 Å². The van der Waals surface area contributed by atoms with E-state index in [1.54, 1.807) is 6.92 Å². The first-order valence-electron chi connectivity index (χ1n) is 6.46. The number of benzene rings is 1. The van der Waals surface area contributed by atoms with E-state index in [-0.39, 0.29) is 24.1 Å². The van der Waals surface area contributed by atoms with Crippen LogP contribution in [0.4, 0.5) is 10.1 Å². The maximum atomic E-state index is 13.3. The molecule has 0 aliphatic heterocycles. The van der Waals surface area contributed by atoms with Crippen molar-refractivity contribution in [1.29, 1.82) is 0 Å². The molecule has 0 bridgehead atoms. The Hall–Kier alpha value is -1.43. The predicted molar refractivity (Wildman–Crippen MR) is 80.0 cm³/mol. The van der Waals surface area contributed by atoms with Crippen LogP contribution in [0.1, 0.15) is 31.7 Å². The molecule has 1 rings (SSSR count). The first-order valence-corrected chi connectivity index (χ1v) is 7.25. The molecule has 0 radical (unpaired) electrons. The van der Waals surface area contributed by atoms with E-state index in [0.29, 0.717) is 35.1 Å². The lowest BCUT2D eigenvalue weighted by Gasteiger charge is -2.09. The van der Waals surface area contributed by atoms with Gasteiger partial charge in [-0.1, -0.05) is 0 Å². The molecule has 0 aliphatic carbocycles. The standard InChI is InChI=1S/C14H18BrFN2O2/c1-3-17-13(19)5-4-6-14(20)18-12-8-10(15)11(16)7-9(12)2/h7-8H,3-6H2,1-2H3,(H,17,19)(H,18,20). The summed E-state index contributed by atoms with van der Waals surface area (Å²) in [5, 5.41) is 5.39. The third-order valence-electron chi connectivity index (χ3n) is 2.72. The zero-order valence-corrected chi connectivity index (χ0v) is 13.1. The topological polar surface area (TPSA) is 58.2 Å². The summed E-state index contributed by atoms with van der Waals surface area (Å²) in [6.07, 6.45) is 1.07. The Morgan fingerprint density at radius 3 is 2.55 bits per heavy atom. The molecule has 2 amide bonds. The molecule has 6 heteroatoms. The van der Waals surface area contributed by atoms with Gasteiger partial charge in [-0.05, 0) is 53.9 Å². The van der Waals surface area contributed by atoms with Crippen LogP contribution in [0, 0.1) is 12.7 Å². The average Bonchev–Trinajstić information content (AvgIpc) is 2.36. The van der Waals surface area contributed by atoms with Gasteiger partial charge in [0.1, 0.15) is 5.82 Å². The van der Waals surface area contributed by atoms with Crippen LogP contribution in [-0.4, -0.2) is 18.4 Å². The number of aryl methyl sites for hydroxylation is 1. The monoisotopic (exact) mass is 344 g/mol. The molecule has 2 N–H and O–H groups in total. The molecular formula is C14H18BrFN2O2. The lowest BCUT2D eigenvalue weighted by molar-refractivity contribution is -0.121. The molecule has 20 heavy (non-hydrogen) atoms. The van der Waals surface area contributed by atoms with Crippen molar-refractivity contribution in [2.24, 2.45) is 0 Å². The fraction of sp³-hybridized carbons (Fsp3) is 0.429. The van der Waals surface area contributed by atoms with Gasteiger partial charge in [0.2, 0.25) is 11.8 Å². The third kappa shape index (κ3) is 5.28. The molecule has 1 aromatic carbocycles. The minimum absolute atomic E-state index is 0.0546. The minimum Gasteiger partial charge on any atom is -0.356 e. The van der Waals surface area contributed by atoms with Crippen LogP contribution in [0.2, 0.25) is 0 Å². The second-order valence-corrected chi connectivity index (χ2v) is 5.29. The van der Waals surface area contributed by atoms with Crippen LogP contribution in [0.15, 0.2) is 16.6 Å². The summed E-state index contributed by atoms with van der Waals surface area (Å²) in [6.45, 7) is 4.16. The van der Waals surface area contributed by atoms with Crippen LogP contribution in [-0.2, 0) is 9.59 Å². The lowest BCUT2D eigenvalue weighted by atomic mass is 10.1. The number of rotatable bonds is 6. The van der Waals surface area contributed by atoms with E-state index in [9.17, 15) is 14.0 Å². The van der Waals surface area contributed by atoms with Crippen LogP contribution >= 0.6 is 15.9 Å². The summed E-state index contributed by atoms with van der Waals surface area (Å²) in [7, 11) is 0. The molecule has 0 saturated heterocycles. The van der Waals surface area contributed by atoms with E-state index in [1.807, 2.05) is 6.92 Å². The van der Waals surface area contributed by atoms with Gasteiger partial charge in [-0.25, -0.2) is 4.39 Å². The highest BCUT2D eigenvalue weighted by Crippen LogP contribution is 2.24. The number of amides is 2. The van der Waals surface area contributed by atoms with Crippen molar-refractivity contribution in [2.45, 2.75) is 33.1 Å². The zero-order chi connectivity index (χ0) is 15.1. The average molecular weight is 345 g/mol. The summed E-state index contributed by atoms with van der Waals surface area (Å²) < 4.78 is 13.6. The largest absolute Gasteiger partial charge is 0.356 e. The first kappa shape index (κ1) is 16.6. The minimum atomic E-state index is -0.364. The van der Waals surface area contributed by atoms with Gasteiger partial charge in [-0.3, -0.25) is 9.59 Å². The van der Waals surface area contributed by atoms with Gasteiger partial charge in [-0.2, -0.15) is 0 Å². The molecule has 0 spiro atoms. The molecule has 0 saturated carbocycles. The molecule has 4 nitrogen and oxygen atoms in total. The SMILES string of the molecule is CCNC(=O)CCCC(=O)Nc1cc(Br)c(F)cc1C. The number of anilines is 1. The number of nitrogens with one attached hydrogen (secondary N) is 2. The molecule has 0 unspecified atom stereocenters. The molecule has 0 aromatic heterocycles. The van der Waals surface area contributed by atoms with E-state index < -0.39 is 0 Å². The summed E-state index contributed by atoms with van der Waals surface area (Å²) in [5.41, 5.74) is 1.23. The van der Waals surface area contributed by atoms with Crippen molar-refractivity contribution in [2.75, 3.05) is 11.9 Å². The van der Waals surface area contributed by atoms with Gasteiger partial charge in [0.15, 0.2) is 0 Å². The normalized spacial score (nSPS) is 10.2. The van der Waals surface area contributed by atoms with Crippen LogP contribution in [0.5, 0.6) is 0 Å². The number of carbonyl (C=O) groups excluding carboxylic acids is 2. The Balaban J connectivity index is 2.47. The zero-order valence-electron chi connectivity index (χ0n) is 11.6. The Bertz CT molecular complexity index is 506. The fourth-order valence-electron chi connectivity index (χ4n) is 1.69. The maximum Gasteiger partial charge on any atom is 0.224 e. The van der Waals surface area contributed by atoms with Crippen molar-refractivity contribution in [1.82, 2.24) is 5.32 Å². The van der Waals surface area contributed by atoms with Crippen molar-refractivity contribution in [3.05, 3.63) is 28.0 Å². The van der Waals surface area contributed by atoms with E-state index in [1.165, 1.54) is 12.1 Å². The van der Waals surface area contributed by atoms with Crippen LogP contribution in [0.3, 0.4) is 0 Å². The summed E-state index contributed by atoms with van der Waals surface area (Å²) >= 11 is 3.08. The van der Waals surface area contributed by atoms with Crippen molar-refractivity contribution in [3.8, 4) is 0 Å². The summed E-state index contributed by atoms with van der Waals surface area (Å²) in [6, 6.07) is 2.89. The summed E-state index contributed by atoms with van der Waals surface area (Å²) in [4.78, 5) is 23.0. The fourth-order valence-corrected chi connectivity index (χ4v) is 2.03. The first-order chi connectivity index (χ1) is 9.43. The molecule has 0 aliphatic rings. The van der Waals surface area contributed by atoms with Crippen molar-refractivity contribution < 1.29 is 14.0 Å². The Morgan fingerprint density at radius 1 is 1.25 bits per heavy atom. The second-order valence-electron chi connectivity index (χ2n) is 4.44. The van der Waals surface area contributed by atoms with Gasteiger partial charge < -0.3 is 10.6 Å². The van der Waals surface area contributed by atoms with Gasteiger partial charge in [0.05, 0.1) is 4.47 Å². The highest BCUT2D eigenvalue weighted by molar-refractivity contribution is 9.10. The number of hydrogen-bond donors (Lipinski definition) is 2. The van der Waals surface area contributed by atoms with Crippen molar-refractivity contribution in [3.63, 3.8) is 0 Å². The third-order valence-corrected chi connectivity index (χ3v) is 3.33. The van der Waals surface area contributed by atoms with Gasteiger partial charge in [0, 0.05) is 25.1 Å². The predicted octanol–water partition coefficient (Wildman–Crippen LogP) is 3.14. The van der Waals surface area contributed by atoms with Crippen LogP contribution < -0.4 is 10.6 Å². The molecule has 0 atom stereocenters. The number of carbonyl (C=O) groups is 2. The van der Waals surface area contributed by atoms with E-state index in [0.717, 1.165) is 0 Å². The van der Waals surface area contributed by atoms with Crippen LogP contribution in [0.25, 0.3) is 0 Å².